The van der Waals surface area contributed by atoms with Crippen molar-refractivity contribution in [2.75, 3.05) is 26.3 Å². The molecule has 28 heavy (non-hydrogen) atoms. The monoisotopic (exact) mass is 382 g/mol. The van der Waals surface area contributed by atoms with Crippen molar-refractivity contribution in [2.24, 2.45) is 0 Å². The van der Waals surface area contributed by atoms with E-state index in [0.29, 0.717) is 13.2 Å². The predicted octanol–water partition coefficient (Wildman–Crippen LogP) is 3.07. The first kappa shape index (κ1) is 19.9. The van der Waals surface area contributed by atoms with E-state index < -0.39 is 6.09 Å². The summed E-state index contributed by atoms with van der Waals surface area (Å²) in [5.74, 6) is -0.272. The van der Waals surface area contributed by atoms with Crippen LogP contribution in [-0.2, 0) is 14.3 Å². The molecule has 6 heteroatoms. The number of alkyl carbamates (subject to hydrolysis) is 1. The quantitative estimate of drug-likeness (QED) is 0.686. The van der Waals surface area contributed by atoms with Gasteiger partial charge in [0.1, 0.15) is 6.61 Å². The summed E-state index contributed by atoms with van der Waals surface area (Å²) in [6, 6.07) is 16.3. The van der Waals surface area contributed by atoms with Crippen LogP contribution in [0.4, 0.5) is 4.79 Å². The van der Waals surface area contributed by atoms with Crippen LogP contribution in [0.5, 0.6) is 0 Å². The Bertz CT molecular complexity index is 791. The molecule has 0 heterocycles. The molecule has 3 rings (SSSR count). The van der Waals surface area contributed by atoms with Crippen molar-refractivity contribution in [1.82, 2.24) is 10.6 Å². The van der Waals surface area contributed by atoms with Gasteiger partial charge in [-0.3, -0.25) is 4.79 Å². The van der Waals surface area contributed by atoms with Crippen molar-refractivity contribution in [3.05, 3.63) is 59.7 Å². The van der Waals surface area contributed by atoms with Gasteiger partial charge in [-0.25, -0.2) is 4.79 Å². The van der Waals surface area contributed by atoms with E-state index in [1.807, 2.05) is 31.2 Å². The third-order valence-corrected chi connectivity index (χ3v) is 4.73. The first-order valence-electron chi connectivity index (χ1n) is 9.58. The van der Waals surface area contributed by atoms with Crippen LogP contribution in [0, 0.1) is 0 Å². The summed E-state index contributed by atoms with van der Waals surface area (Å²) < 4.78 is 10.4. The molecule has 0 radical (unpaired) electrons. The number of rotatable bonds is 8. The fourth-order valence-corrected chi connectivity index (χ4v) is 3.50. The maximum atomic E-state index is 12.2. The van der Waals surface area contributed by atoms with Crippen LogP contribution >= 0.6 is 0 Å². The Morgan fingerprint density at radius 1 is 1.00 bits per heavy atom. The zero-order valence-corrected chi connectivity index (χ0v) is 16.2. The molecule has 0 spiro atoms. The number of amides is 1. The van der Waals surface area contributed by atoms with E-state index in [4.69, 9.17) is 9.47 Å². The van der Waals surface area contributed by atoms with Crippen molar-refractivity contribution in [1.29, 1.82) is 0 Å². The Labute approximate surface area is 165 Å². The SMILES string of the molecule is CCOC(=O)CNC[C@H](C)NC(=O)OCC1c2ccccc2-c2ccccc21. The molecule has 1 amide bonds. The average Bonchev–Trinajstić information content (AvgIpc) is 3.00. The van der Waals surface area contributed by atoms with Crippen LogP contribution in [0.2, 0.25) is 0 Å². The lowest BCUT2D eigenvalue weighted by molar-refractivity contribution is -0.141. The molecule has 0 saturated carbocycles. The normalized spacial score (nSPS) is 13.4. The maximum Gasteiger partial charge on any atom is 0.407 e. The molecule has 1 aliphatic rings. The molecule has 2 aromatic rings. The van der Waals surface area contributed by atoms with Gasteiger partial charge in [0.15, 0.2) is 0 Å². The summed E-state index contributed by atoms with van der Waals surface area (Å²) in [4.78, 5) is 23.5. The highest BCUT2D eigenvalue weighted by Gasteiger charge is 2.29. The Kier molecular flexibility index (Phi) is 6.66. The molecular weight excluding hydrogens is 356 g/mol. The van der Waals surface area contributed by atoms with Gasteiger partial charge in [-0.2, -0.15) is 0 Å². The van der Waals surface area contributed by atoms with Crippen LogP contribution in [0.25, 0.3) is 11.1 Å². The van der Waals surface area contributed by atoms with Crippen LogP contribution in [-0.4, -0.2) is 44.4 Å². The van der Waals surface area contributed by atoms with Crippen molar-refractivity contribution in [2.45, 2.75) is 25.8 Å². The number of hydrogen-bond donors (Lipinski definition) is 2. The first-order chi connectivity index (χ1) is 13.6. The molecule has 148 valence electrons. The molecule has 6 nitrogen and oxygen atoms in total. The number of nitrogens with one attached hydrogen (secondary N) is 2. The number of fused-ring (bicyclic) bond motifs is 3. The lowest BCUT2D eigenvalue weighted by atomic mass is 9.98. The number of carbonyl (C=O) groups excluding carboxylic acids is 2. The van der Waals surface area contributed by atoms with Gasteiger partial charge in [-0.05, 0) is 36.1 Å². The molecule has 0 unspecified atom stereocenters. The largest absolute Gasteiger partial charge is 0.465 e. The van der Waals surface area contributed by atoms with E-state index >= 15 is 0 Å². The minimum absolute atomic E-state index is 0.0374. The van der Waals surface area contributed by atoms with Crippen molar-refractivity contribution >= 4 is 12.1 Å². The van der Waals surface area contributed by atoms with Crippen LogP contribution in [0.3, 0.4) is 0 Å². The molecule has 0 aliphatic heterocycles. The zero-order chi connectivity index (χ0) is 19.9. The standard InChI is InChI=1S/C22H26N2O4/c1-3-27-21(25)13-23-12-15(2)24-22(26)28-14-20-18-10-6-4-8-16(18)17-9-5-7-11-19(17)20/h4-11,15,20,23H,3,12-14H2,1-2H3,(H,24,26)/t15-/m0/s1. The van der Waals surface area contributed by atoms with Gasteiger partial charge >= 0.3 is 12.1 Å². The predicted molar refractivity (Wildman–Crippen MR) is 107 cm³/mol. The fourth-order valence-electron chi connectivity index (χ4n) is 3.50. The minimum Gasteiger partial charge on any atom is -0.465 e. The van der Waals surface area contributed by atoms with Gasteiger partial charge in [-0.1, -0.05) is 48.5 Å². The lowest BCUT2D eigenvalue weighted by Gasteiger charge is -2.17. The van der Waals surface area contributed by atoms with Crippen LogP contribution in [0.1, 0.15) is 30.9 Å². The second-order valence-corrected chi connectivity index (χ2v) is 6.81. The summed E-state index contributed by atoms with van der Waals surface area (Å²) in [7, 11) is 0. The van der Waals surface area contributed by atoms with Gasteiger partial charge in [0.2, 0.25) is 0 Å². The van der Waals surface area contributed by atoms with Crippen LogP contribution in [0.15, 0.2) is 48.5 Å². The van der Waals surface area contributed by atoms with E-state index in [1.54, 1.807) is 6.92 Å². The second kappa shape index (κ2) is 9.37. The third kappa shape index (κ3) is 4.70. The average molecular weight is 382 g/mol. The van der Waals surface area contributed by atoms with Gasteiger partial charge < -0.3 is 20.1 Å². The Morgan fingerprint density at radius 2 is 1.61 bits per heavy atom. The van der Waals surface area contributed by atoms with Gasteiger partial charge in [0, 0.05) is 18.5 Å². The molecule has 1 atom stereocenters. The minimum atomic E-state index is -0.465. The molecule has 2 aromatic carbocycles. The van der Waals surface area contributed by atoms with Gasteiger partial charge in [0.25, 0.3) is 0 Å². The van der Waals surface area contributed by atoms with Gasteiger partial charge in [0.05, 0.1) is 13.2 Å². The smallest absolute Gasteiger partial charge is 0.407 e. The molecule has 0 fully saturated rings. The summed E-state index contributed by atoms with van der Waals surface area (Å²) in [6.07, 6.45) is -0.465. The second-order valence-electron chi connectivity index (χ2n) is 6.81. The van der Waals surface area contributed by atoms with E-state index in [-0.39, 0.29) is 31.1 Å². The van der Waals surface area contributed by atoms with Crippen LogP contribution < -0.4 is 10.6 Å². The number of carbonyl (C=O) groups is 2. The Morgan fingerprint density at radius 3 is 2.21 bits per heavy atom. The van der Waals surface area contributed by atoms with Crippen molar-refractivity contribution < 1.29 is 19.1 Å². The molecule has 1 aliphatic carbocycles. The highest BCUT2D eigenvalue weighted by Crippen LogP contribution is 2.44. The zero-order valence-electron chi connectivity index (χ0n) is 16.2. The molecular formula is C22H26N2O4. The fraction of sp³-hybridized carbons (Fsp3) is 0.364. The topological polar surface area (TPSA) is 76.7 Å². The number of ether oxygens (including phenoxy) is 2. The molecule has 2 N–H and O–H groups in total. The highest BCUT2D eigenvalue weighted by molar-refractivity contribution is 5.79. The summed E-state index contributed by atoms with van der Waals surface area (Å²) in [6.45, 7) is 4.81. The molecule has 0 aromatic heterocycles. The Balaban J connectivity index is 1.50. The number of hydrogen-bond acceptors (Lipinski definition) is 5. The first-order valence-corrected chi connectivity index (χ1v) is 9.58. The van der Waals surface area contributed by atoms with Gasteiger partial charge in [-0.15, -0.1) is 0 Å². The van der Waals surface area contributed by atoms with E-state index in [1.165, 1.54) is 22.3 Å². The summed E-state index contributed by atoms with van der Waals surface area (Å²) in [5, 5.41) is 5.74. The Hall–Kier alpha value is -2.86. The molecule has 0 bridgehead atoms. The number of benzene rings is 2. The lowest BCUT2D eigenvalue weighted by Crippen LogP contribution is -2.42. The highest BCUT2D eigenvalue weighted by atomic mass is 16.5. The molecule has 0 saturated heterocycles. The third-order valence-electron chi connectivity index (χ3n) is 4.73. The summed E-state index contributed by atoms with van der Waals surface area (Å²) >= 11 is 0. The van der Waals surface area contributed by atoms with E-state index in [9.17, 15) is 9.59 Å². The maximum absolute atomic E-state index is 12.2. The van der Waals surface area contributed by atoms with E-state index in [0.717, 1.165) is 0 Å². The van der Waals surface area contributed by atoms with Crippen molar-refractivity contribution in [3.63, 3.8) is 0 Å². The summed E-state index contributed by atoms with van der Waals surface area (Å²) in [5.41, 5.74) is 4.76. The van der Waals surface area contributed by atoms with E-state index in [2.05, 4.69) is 34.9 Å². The van der Waals surface area contributed by atoms with Crippen molar-refractivity contribution in [3.8, 4) is 11.1 Å². The number of esters is 1.